The molecule has 0 bridgehead atoms. The van der Waals surface area contributed by atoms with Gasteiger partial charge in [0, 0.05) is 6.42 Å². The van der Waals surface area contributed by atoms with Crippen molar-refractivity contribution in [1.29, 1.82) is 0 Å². The van der Waals surface area contributed by atoms with Crippen LogP contribution in [0, 0.1) is 11.8 Å². The summed E-state index contributed by atoms with van der Waals surface area (Å²) in [6.45, 7) is 6.59. The summed E-state index contributed by atoms with van der Waals surface area (Å²) in [5.74, 6) is 2.09. The number of ether oxygens (including phenoxy) is 1. The minimum absolute atomic E-state index is 0.0784. The van der Waals surface area contributed by atoms with Gasteiger partial charge < -0.3 is 15.0 Å². The summed E-state index contributed by atoms with van der Waals surface area (Å²) in [7, 11) is 3.82. The molecule has 0 spiro atoms. The summed E-state index contributed by atoms with van der Waals surface area (Å²) in [5.41, 5.74) is 1.15. The van der Waals surface area contributed by atoms with Gasteiger partial charge in [0.2, 0.25) is 5.91 Å². The summed E-state index contributed by atoms with van der Waals surface area (Å²) >= 11 is 0. The van der Waals surface area contributed by atoms with Crippen molar-refractivity contribution in [1.82, 2.24) is 10.2 Å². The zero-order chi connectivity index (χ0) is 17.5. The van der Waals surface area contributed by atoms with Gasteiger partial charge in [0.25, 0.3) is 0 Å². The number of hydrogen-bond acceptors (Lipinski definition) is 3. The predicted octanol–water partition coefficient (Wildman–Crippen LogP) is 3.63. The SMILES string of the molecule is COc1ccc([C@@H](CC(C)C)NC(=O)CC2CCN(C)CC2)cc1. The third kappa shape index (κ3) is 5.82. The fourth-order valence-electron chi connectivity index (χ4n) is 3.37. The smallest absolute Gasteiger partial charge is 0.220 e. The average molecular weight is 332 g/mol. The molecule has 0 aliphatic carbocycles. The van der Waals surface area contributed by atoms with E-state index in [1.54, 1.807) is 7.11 Å². The molecule has 1 aliphatic heterocycles. The predicted molar refractivity (Wildman–Crippen MR) is 98.2 cm³/mol. The fourth-order valence-corrected chi connectivity index (χ4v) is 3.37. The zero-order valence-electron chi connectivity index (χ0n) is 15.5. The van der Waals surface area contributed by atoms with Crippen LogP contribution in [-0.2, 0) is 4.79 Å². The van der Waals surface area contributed by atoms with Crippen molar-refractivity contribution in [3.8, 4) is 5.75 Å². The molecule has 1 aliphatic rings. The lowest BCUT2D eigenvalue weighted by molar-refractivity contribution is -0.123. The van der Waals surface area contributed by atoms with Gasteiger partial charge in [-0.05, 0) is 68.9 Å². The van der Waals surface area contributed by atoms with E-state index in [2.05, 4.69) is 43.2 Å². The summed E-state index contributed by atoms with van der Waals surface area (Å²) in [4.78, 5) is 14.9. The maximum Gasteiger partial charge on any atom is 0.220 e. The second-order valence-electron chi connectivity index (χ2n) is 7.47. The van der Waals surface area contributed by atoms with Gasteiger partial charge in [0.05, 0.1) is 13.2 Å². The Bertz CT molecular complexity index is 505. The molecule has 1 N–H and O–H groups in total. The van der Waals surface area contributed by atoms with Crippen molar-refractivity contribution in [2.24, 2.45) is 11.8 Å². The van der Waals surface area contributed by atoms with Crippen molar-refractivity contribution in [3.63, 3.8) is 0 Å². The van der Waals surface area contributed by atoms with Crippen LogP contribution in [0.2, 0.25) is 0 Å². The summed E-state index contributed by atoms with van der Waals surface area (Å²) in [6, 6.07) is 8.12. The molecule has 24 heavy (non-hydrogen) atoms. The molecule has 1 amide bonds. The first kappa shape index (κ1) is 18.8. The van der Waals surface area contributed by atoms with Crippen LogP contribution in [0.15, 0.2) is 24.3 Å². The zero-order valence-corrected chi connectivity index (χ0v) is 15.5. The second kappa shape index (κ2) is 9.07. The van der Waals surface area contributed by atoms with E-state index in [1.807, 2.05) is 12.1 Å². The molecule has 1 fully saturated rings. The molecule has 1 saturated heterocycles. The van der Waals surface area contributed by atoms with E-state index in [1.165, 1.54) is 0 Å². The molecule has 134 valence electrons. The minimum atomic E-state index is 0.0784. The van der Waals surface area contributed by atoms with Gasteiger partial charge in [-0.2, -0.15) is 0 Å². The number of rotatable bonds is 7. The molecule has 1 atom stereocenters. The monoisotopic (exact) mass is 332 g/mol. The first-order valence-electron chi connectivity index (χ1n) is 9.09. The molecule has 2 rings (SSSR count). The van der Waals surface area contributed by atoms with Gasteiger partial charge in [0.15, 0.2) is 0 Å². The highest BCUT2D eigenvalue weighted by molar-refractivity contribution is 5.76. The van der Waals surface area contributed by atoms with Crippen LogP contribution < -0.4 is 10.1 Å². The van der Waals surface area contributed by atoms with Crippen molar-refractivity contribution in [2.45, 2.75) is 45.6 Å². The number of piperidine rings is 1. The molecule has 0 radical (unpaired) electrons. The second-order valence-corrected chi connectivity index (χ2v) is 7.47. The van der Waals surface area contributed by atoms with E-state index in [4.69, 9.17) is 4.74 Å². The van der Waals surface area contributed by atoms with Gasteiger partial charge in [-0.15, -0.1) is 0 Å². The number of carbonyl (C=O) groups excluding carboxylic acids is 1. The van der Waals surface area contributed by atoms with Crippen molar-refractivity contribution < 1.29 is 9.53 Å². The van der Waals surface area contributed by atoms with Gasteiger partial charge in [-0.25, -0.2) is 0 Å². The lowest BCUT2D eigenvalue weighted by Gasteiger charge is -2.29. The van der Waals surface area contributed by atoms with E-state index >= 15 is 0 Å². The quantitative estimate of drug-likeness (QED) is 0.829. The average Bonchev–Trinajstić information content (AvgIpc) is 2.56. The maximum absolute atomic E-state index is 12.5. The molecule has 4 nitrogen and oxygen atoms in total. The Morgan fingerprint density at radius 1 is 1.25 bits per heavy atom. The molecule has 0 saturated carbocycles. The highest BCUT2D eigenvalue weighted by Gasteiger charge is 2.22. The number of carbonyl (C=O) groups is 1. The Labute approximate surface area is 146 Å². The van der Waals surface area contributed by atoms with E-state index in [0.717, 1.165) is 43.7 Å². The minimum Gasteiger partial charge on any atom is -0.497 e. The number of hydrogen-bond donors (Lipinski definition) is 1. The third-order valence-corrected chi connectivity index (χ3v) is 4.87. The van der Waals surface area contributed by atoms with Gasteiger partial charge in [-0.3, -0.25) is 4.79 Å². The van der Waals surface area contributed by atoms with Crippen molar-refractivity contribution >= 4 is 5.91 Å². The molecule has 1 heterocycles. The topological polar surface area (TPSA) is 41.6 Å². The molecule has 1 aromatic carbocycles. The molecule has 4 heteroatoms. The lowest BCUT2D eigenvalue weighted by atomic mass is 9.92. The van der Waals surface area contributed by atoms with Crippen LogP contribution in [-0.4, -0.2) is 38.1 Å². The standard InChI is InChI=1S/C20H32N2O2/c1-15(2)13-19(17-5-7-18(24-4)8-6-17)21-20(23)14-16-9-11-22(3)12-10-16/h5-8,15-16,19H,9-14H2,1-4H3,(H,21,23)/t19-/m1/s1. The van der Waals surface area contributed by atoms with Crippen LogP contribution >= 0.6 is 0 Å². The van der Waals surface area contributed by atoms with Gasteiger partial charge in [-0.1, -0.05) is 26.0 Å². The lowest BCUT2D eigenvalue weighted by Crippen LogP contribution is -2.35. The van der Waals surface area contributed by atoms with E-state index in [-0.39, 0.29) is 11.9 Å². The molecule has 0 unspecified atom stereocenters. The summed E-state index contributed by atoms with van der Waals surface area (Å²) in [5, 5.41) is 3.27. The van der Waals surface area contributed by atoms with Crippen LogP contribution in [0.4, 0.5) is 0 Å². The molecular weight excluding hydrogens is 300 g/mol. The summed E-state index contributed by atoms with van der Waals surface area (Å²) in [6.07, 6.45) is 3.85. The Morgan fingerprint density at radius 3 is 2.42 bits per heavy atom. The third-order valence-electron chi connectivity index (χ3n) is 4.87. The highest BCUT2D eigenvalue weighted by Crippen LogP contribution is 2.25. The van der Waals surface area contributed by atoms with Crippen molar-refractivity contribution in [2.75, 3.05) is 27.2 Å². The first-order valence-corrected chi connectivity index (χ1v) is 9.09. The Morgan fingerprint density at radius 2 is 1.88 bits per heavy atom. The largest absolute Gasteiger partial charge is 0.497 e. The maximum atomic E-state index is 12.5. The van der Waals surface area contributed by atoms with E-state index in [9.17, 15) is 4.79 Å². The number of nitrogens with zero attached hydrogens (tertiary/aromatic N) is 1. The number of methoxy groups -OCH3 is 1. The van der Waals surface area contributed by atoms with Crippen LogP contribution in [0.5, 0.6) is 5.75 Å². The first-order chi connectivity index (χ1) is 11.5. The number of benzene rings is 1. The number of likely N-dealkylation sites (tertiary alicyclic amines) is 1. The number of nitrogens with one attached hydrogen (secondary N) is 1. The van der Waals surface area contributed by atoms with E-state index in [0.29, 0.717) is 18.3 Å². The molecule has 1 aromatic rings. The normalized spacial score (nSPS) is 17.7. The van der Waals surface area contributed by atoms with Crippen molar-refractivity contribution in [3.05, 3.63) is 29.8 Å². The van der Waals surface area contributed by atoms with Gasteiger partial charge >= 0.3 is 0 Å². The van der Waals surface area contributed by atoms with Crippen LogP contribution in [0.1, 0.15) is 51.1 Å². The van der Waals surface area contributed by atoms with Crippen LogP contribution in [0.25, 0.3) is 0 Å². The van der Waals surface area contributed by atoms with Gasteiger partial charge in [0.1, 0.15) is 5.75 Å². The highest BCUT2D eigenvalue weighted by atomic mass is 16.5. The Balaban J connectivity index is 1.95. The Kier molecular flexibility index (Phi) is 7.10. The number of amides is 1. The summed E-state index contributed by atoms with van der Waals surface area (Å²) < 4.78 is 5.23. The van der Waals surface area contributed by atoms with Crippen LogP contribution in [0.3, 0.4) is 0 Å². The fraction of sp³-hybridized carbons (Fsp3) is 0.650. The molecule has 0 aromatic heterocycles. The molecular formula is C20H32N2O2. The Hall–Kier alpha value is -1.55. The van der Waals surface area contributed by atoms with E-state index < -0.39 is 0 Å².